The molecule has 3 aromatic heterocycles. The zero-order valence-electron chi connectivity index (χ0n) is 15.5. The van der Waals surface area contributed by atoms with Crippen LogP contribution in [0.3, 0.4) is 0 Å². The number of piperidine rings is 1. The predicted octanol–water partition coefficient (Wildman–Crippen LogP) is 3.41. The SMILES string of the molecule is Cc1nc2ccccn2c1CN1CCC(n2c(N)nc3ccccc32)CC1. The van der Waals surface area contributed by atoms with Gasteiger partial charge in [0.15, 0.2) is 0 Å². The Morgan fingerprint density at radius 1 is 1.04 bits per heavy atom. The second kappa shape index (κ2) is 6.39. The lowest BCUT2D eigenvalue weighted by atomic mass is 10.0. The van der Waals surface area contributed by atoms with E-state index in [9.17, 15) is 0 Å². The van der Waals surface area contributed by atoms with Crippen molar-refractivity contribution in [1.82, 2.24) is 23.8 Å². The van der Waals surface area contributed by atoms with Crippen LogP contribution in [0.15, 0.2) is 48.7 Å². The van der Waals surface area contributed by atoms with Gasteiger partial charge < -0.3 is 14.7 Å². The van der Waals surface area contributed by atoms with Crippen molar-refractivity contribution in [2.75, 3.05) is 18.8 Å². The molecule has 27 heavy (non-hydrogen) atoms. The molecule has 1 aromatic carbocycles. The summed E-state index contributed by atoms with van der Waals surface area (Å²) in [6.45, 7) is 5.14. The van der Waals surface area contributed by atoms with Crippen LogP contribution in [-0.2, 0) is 6.54 Å². The first-order chi connectivity index (χ1) is 13.2. The van der Waals surface area contributed by atoms with Gasteiger partial charge in [0.1, 0.15) is 5.65 Å². The van der Waals surface area contributed by atoms with Gasteiger partial charge in [-0.2, -0.15) is 0 Å². The lowest BCUT2D eigenvalue weighted by molar-refractivity contribution is 0.180. The molecule has 0 unspecified atom stereocenters. The quantitative estimate of drug-likeness (QED) is 0.608. The highest BCUT2D eigenvalue weighted by Gasteiger charge is 2.24. The maximum atomic E-state index is 6.24. The van der Waals surface area contributed by atoms with Crippen molar-refractivity contribution >= 4 is 22.6 Å². The number of rotatable bonds is 3. The summed E-state index contributed by atoms with van der Waals surface area (Å²) in [5.74, 6) is 0.632. The largest absolute Gasteiger partial charge is 0.369 e. The van der Waals surface area contributed by atoms with Gasteiger partial charge in [-0.1, -0.05) is 18.2 Å². The number of pyridine rings is 1. The fourth-order valence-corrected chi connectivity index (χ4v) is 4.35. The number of benzene rings is 1. The second-order valence-corrected chi connectivity index (χ2v) is 7.41. The van der Waals surface area contributed by atoms with Crippen molar-refractivity contribution in [3.63, 3.8) is 0 Å². The van der Waals surface area contributed by atoms with Crippen LogP contribution < -0.4 is 5.73 Å². The first-order valence-corrected chi connectivity index (χ1v) is 9.58. The molecular weight excluding hydrogens is 336 g/mol. The van der Waals surface area contributed by atoms with Gasteiger partial charge >= 0.3 is 0 Å². The topological polar surface area (TPSA) is 64.4 Å². The average molecular weight is 360 g/mol. The van der Waals surface area contributed by atoms with Gasteiger partial charge in [-0.25, -0.2) is 9.97 Å². The van der Waals surface area contributed by atoms with Crippen LogP contribution in [0, 0.1) is 6.92 Å². The fraction of sp³-hybridized carbons (Fsp3) is 0.333. The third kappa shape index (κ3) is 2.77. The normalized spacial score (nSPS) is 16.5. The highest BCUT2D eigenvalue weighted by atomic mass is 15.2. The molecule has 6 heteroatoms. The molecule has 5 rings (SSSR count). The van der Waals surface area contributed by atoms with Gasteiger partial charge in [-0.05, 0) is 44.0 Å². The minimum atomic E-state index is 0.414. The Morgan fingerprint density at radius 3 is 2.67 bits per heavy atom. The molecular formula is C21H24N6. The van der Waals surface area contributed by atoms with E-state index < -0.39 is 0 Å². The van der Waals surface area contributed by atoms with E-state index >= 15 is 0 Å². The Morgan fingerprint density at radius 2 is 1.81 bits per heavy atom. The number of para-hydroxylation sites is 2. The van der Waals surface area contributed by atoms with Gasteiger partial charge in [0.2, 0.25) is 5.95 Å². The van der Waals surface area contributed by atoms with Gasteiger partial charge in [0.05, 0.1) is 22.4 Å². The van der Waals surface area contributed by atoms with E-state index in [0.717, 1.165) is 54.9 Å². The second-order valence-electron chi connectivity index (χ2n) is 7.41. The molecule has 138 valence electrons. The first-order valence-electron chi connectivity index (χ1n) is 9.58. The number of aryl methyl sites for hydroxylation is 1. The Bertz CT molecular complexity index is 1100. The number of nitrogens with two attached hydrogens (primary N) is 1. The van der Waals surface area contributed by atoms with Crippen molar-refractivity contribution in [1.29, 1.82) is 0 Å². The lowest BCUT2D eigenvalue weighted by Crippen LogP contribution is -2.35. The zero-order valence-corrected chi connectivity index (χ0v) is 15.5. The first kappa shape index (κ1) is 16.3. The van der Waals surface area contributed by atoms with Gasteiger partial charge in [0.25, 0.3) is 0 Å². The maximum Gasteiger partial charge on any atom is 0.201 e. The number of aromatic nitrogens is 4. The number of hydrogen-bond donors (Lipinski definition) is 1. The number of nitrogen functional groups attached to an aromatic ring is 1. The molecule has 0 saturated carbocycles. The smallest absolute Gasteiger partial charge is 0.201 e. The van der Waals surface area contributed by atoms with Crippen molar-refractivity contribution in [2.45, 2.75) is 32.4 Å². The number of imidazole rings is 2. The van der Waals surface area contributed by atoms with E-state index in [-0.39, 0.29) is 0 Å². The molecule has 4 aromatic rings. The third-order valence-electron chi connectivity index (χ3n) is 5.75. The molecule has 1 saturated heterocycles. The van der Waals surface area contributed by atoms with E-state index in [0.29, 0.717) is 12.0 Å². The summed E-state index contributed by atoms with van der Waals surface area (Å²) >= 11 is 0. The average Bonchev–Trinajstić information content (AvgIpc) is 3.18. The molecule has 0 amide bonds. The van der Waals surface area contributed by atoms with E-state index in [1.807, 2.05) is 18.2 Å². The Balaban J connectivity index is 1.34. The Hall–Kier alpha value is -2.86. The third-order valence-corrected chi connectivity index (χ3v) is 5.75. The van der Waals surface area contributed by atoms with Gasteiger partial charge in [0, 0.05) is 31.9 Å². The summed E-state index contributed by atoms with van der Waals surface area (Å²) in [5, 5.41) is 0. The zero-order chi connectivity index (χ0) is 18.4. The maximum absolute atomic E-state index is 6.24. The number of hydrogen-bond acceptors (Lipinski definition) is 4. The van der Waals surface area contributed by atoms with E-state index in [4.69, 9.17) is 5.73 Å². The molecule has 1 aliphatic rings. The van der Waals surface area contributed by atoms with Crippen molar-refractivity contribution < 1.29 is 0 Å². The van der Waals surface area contributed by atoms with Crippen molar-refractivity contribution in [2.24, 2.45) is 0 Å². The summed E-state index contributed by atoms with van der Waals surface area (Å²) < 4.78 is 4.44. The Kier molecular flexibility index (Phi) is 3.86. The van der Waals surface area contributed by atoms with Crippen LogP contribution in [-0.4, -0.2) is 36.9 Å². The molecule has 1 aliphatic heterocycles. The van der Waals surface area contributed by atoms with Crippen LogP contribution in [0.2, 0.25) is 0 Å². The highest BCUT2D eigenvalue weighted by molar-refractivity contribution is 5.78. The summed E-state index contributed by atoms with van der Waals surface area (Å²) in [5.41, 5.74) is 11.8. The molecule has 0 radical (unpaired) electrons. The summed E-state index contributed by atoms with van der Waals surface area (Å²) in [6.07, 6.45) is 4.27. The van der Waals surface area contributed by atoms with E-state index in [2.05, 4.69) is 61.2 Å². The van der Waals surface area contributed by atoms with Gasteiger partial charge in [-0.3, -0.25) is 4.90 Å². The highest BCUT2D eigenvalue weighted by Crippen LogP contribution is 2.30. The standard InChI is InChI=1S/C21H24N6/c1-15-19(26-11-5-4-8-20(26)23-15)14-25-12-9-16(10-13-25)27-18-7-3-2-6-17(18)24-21(27)22/h2-8,11,16H,9-10,12-14H2,1H3,(H2,22,24). The van der Waals surface area contributed by atoms with Crippen LogP contribution in [0.5, 0.6) is 0 Å². The number of anilines is 1. The minimum absolute atomic E-state index is 0.414. The molecule has 2 N–H and O–H groups in total. The molecule has 0 aliphatic carbocycles. The molecule has 1 fully saturated rings. The molecule has 6 nitrogen and oxygen atoms in total. The predicted molar refractivity (Wildman–Crippen MR) is 108 cm³/mol. The van der Waals surface area contributed by atoms with Gasteiger partial charge in [-0.15, -0.1) is 0 Å². The lowest BCUT2D eigenvalue weighted by Gasteiger charge is -2.33. The number of nitrogens with zero attached hydrogens (tertiary/aromatic N) is 5. The van der Waals surface area contributed by atoms with Crippen LogP contribution in [0.4, 0.5) is 5.95 Å². The van der Waals surface area contributed by atoms with Crippen LogP contribution in [0.1, 0.15) is 30.3 Å². The minimum Gasteiger partial charge on any atom is -0.369 e. The van der Waals surface area contributed by atoms with Crippen LogP contribution >= 0.6 is 0 Å². The monoisotopic (exact) mass is 360 g/mol. The Labute approximate surface area is 158 Å². The van der Waals surface area contributed by atoms with Crippen LogP contribution in [0.25, 0.3) is 16.7 Å². The molecule has 0 bridgehead atoms. The number of fused-ring (bicyclic) bond motifs is 2. The molecule has 0 atom stereocenters. The molecule has 4 heterocycles. The summed E-state index contributed by atoms with van der Waals surface area (Å²) in [4.78, 5) is 11.7. The fourth-order valence-electron chi connectivity index (χ4n) is 4.35. The van der Waals surface area contributed by atoms with E-state index in [1.54, 1.807) is 0 Å². The van der Waals surface area contributed by atoms with E-state index in [1.165, 1.54) is 5.69 Å². The van der Waals surface area contributed by atoms with Crippen molar-refractivity contribution in [3.05, 3.63) is 60.0 Å². The summed E-state index contributed by atoms with van der Waals surface area (Å²) in [7, 11) is 0. The number of likely N-dealkylation sites (tertiary alicyclic amines) is 1. The van der Waals surface area contributed by atoms with Crippen molar-refractivity contribution in [3.8, 4) is 0 Å². The summed E-state index contributed by atoms with van der Waals surface area (Å²) in [6, 6.07) is 14.8. The molecule has 0 spiro atoms.